The Morgan fingerprint density at radius 3 is 2.48 bits per heavy atom. The Kier molecular flexibility index (Phi) is 7.06. The average molecular weight is 368 g/mol. The van der Waals surface area contributed by atoms with Crippen molar-refractivity contribution in [1.29, 1.82) is 0 Å². The van der Waals surface area contributed by atoms with Gasteiger partial charge in [-0.2, -0.15) is 0 Å². The lowest BCUT2D eigenvalue weighted by Crippen LogP contribution is -2.54. The van der Waals surface area contributed by atoms with Gasteiger partial charge in [-0.05, 0) is 31.0 Å². The summed E-state index contributed by atoms with van der Waals surface area (Å²) in [4.78, 5) is 38.7. The zero-order valence-corrected chi connectivity index (χ0v) is 14.9. The standard InChI is InChI=1S/C17H22ClN3O4/c1-2-25-17(24)21-10-8-20(9-11-21)16(23)15(22)19-7-6-13-4-3-5-14(18)12-13/h3-5,12H,2,6-11H2,1H3,(H,19,22). The molecule has 0 bridgehead atoms. The second kappa shape index (κ2) is 9.27. The van der Waals surface area contributed by atoms with Crippen molar-refractivity contribution in [2.75, 3.05) is 39.3 Å². The van der Waals surface area contributed by atoms with E-state index in [4.69, 9.17) is 16.3 Å². The largest absolute Gasteiger partial charge is 0.450 e. The summed E-state index contributed by atoms with van der Waals surface area (Å²) in [5.74, 6) is -1.21. The van der Waals surface area contributed by atoms with Gasteiger partial charge < -0.3 is 19.9 Å². The lowest BCUT2D eigenvalue weighted by Gasteiger charge is -2.33. The van der Waals surface area contributed by atoms with Crippen molar-refractivity contribution < 1.29 is 19.1 Å². The van der Waals surface area contributed by atoms with Crippen LogP contribution in [0.1, 0.15) is 12.5 Å². The maximum atomic E-state index is 12.2. The summed E-state index contributed by atoms with van der Waals surface area (Å²) in [6.07, 6.45) is 0.205. The highest BCUT2D eigenvalue weighted by atomic mass is 35.5. The van der Waals surface area contributed by atoms with E-state index >= 15 is 0 Å². The lowest BCUT2D eigenvalue weighted by molar-refractivity contribution is -0.146. The Morgan fingerprint density at radius 2 is 1.84 bits per heavy atom. The molecule has 1 aliphatic heterocycles. The lowest BCUT2D eigenvalue weighted by atomic mass is 10.1. The summed E-state index contributed by atoms with van der Waals surface area (Å²) in [6.45, 7) is 3.77. The molecular formula is C17H22ClN3O4. The zero-order chi connectivity index (χ0) is 18.2. The number of nitrogens with one attached hydrogen (secondary N) is 1. The van der Waals surface area contributed by atoms with Crippen molar-refractivity contribution >= 4 is 29.5 Å². The number of ether oxygens (including phenoxy) is 1. The molecule has 0 saturated carbocycles. The molecule has 136 valence electrons. The van der Waals surface area contributed by atoms with Gasteiger partial charge in [0.1, 0.15) is 0 Å². The second-order valence-corrected chi connectivity index (χ2v) is 6.05. The minimum atomic E-state index is -0.633. The molecule has 2 rings (SSSR count). The molecule has 0 aliphatic carbocycles. The Hall–Kier alpha value is -2.28. The van der Waals surface area contributed by atoms with Crippen molar-refractivity contribution in [2.45, 2.75) is 13.3 Å². The Balaban J connectivity index is 1.73. The average Bonchev–Trinajstić information content (AvgIpc) is 2.61. The number of carbonyl (C=O) groups excluding carboxylic acids is 3. The number of carbonyl (C=O) groups is 3. The molecule has 25 heavy (non-hydrogen) atoms. The molecule has 1 aromatic carbocycles. The number of hydrogen-bond donors (Lipinski definition) is 1. The second-order valence-electron chi connectivity index (χ2n) is 5.61. The van der Waals surface area contributed by atoms with Crippen LogP contribution in [0.15, 0.2) is 24.3 Å². The van der Waals surface area contributed by atoms with Gasteiger partial charge in [0.25, 0.3) is 0 Å². The molecule has 1 N–H and O–H groups in total. The molecule has 0 radical (unpaired) electrons. The first-order chi connectivity index (χ1) is 12.0. The fraction of sp³-hybridized carbons (Fsp3) is 0.471. The molecule has 0 unspecified atom stereocenters. The van der Waals surface area contributed by atoms with Gasteiger partial charge in [0.15, 0.2) is 0 Å². The molecule has 1 fully saturated rings. The van der Waals surface area contributed by atoms with Gasteiger partial charge >= 0.3 is 17.9 Å². The van der Waals surface area contributed by atoms with Gasteiger partial charge in [-0.1, -0.05) is 23.7 Å². The van der Waals surface area contributed by atoms with Gasteiger partial charge in [0, 0.05) is 37.7 Å². The van der Waals surface area contributed by atoms with Crippen LogP contribution in [0.5, 0.6) is 0 Å². The first-order valence-corrected chi connectivity index (χ1v) is 8.62. The van der Waals surface area contributed by atoms with Crippen LogP contribution in [-0.2, 0) is 20.7 Å². The van der Waals surface area contributed by atoms with Gasteiger partial charge in [-0.15, -0.1) is 0 Å². The van der Waals surface area contributed by atoms with Crippen LogP contribution in [0.4, 0.5) is 4.79 Å². The van der Waals surface area contributed by atoms with E-state index in [0.29, 0.717) is 50.8 Å². The first-order valence-electron chi connectivity index (χ1n) is 8.24. The third-order valence-electron chi connectivity index (χ3n) is 3.88. The quantitative estimate of drug-likeness (QED) is 0.813. The summed E-state index contributed by atoms with van der Waals surface area (Å²) in [6, 6.07) is 7.36. The van der Waals surface area contributed by atoms with Crippen LogP contribution in [0.3, 0.4) is 0 Å². The van der Waals surface area contributed by atoms with Crippen LogP contribution in [0.25, 0.3) is 0 Å². The summed E-state index contributed by atoms with van der Waals surface area (Å²) >= 11 is 5.91. The summed E-state index contributed by atoms with van der Waals surface area (Å²) in [5, 5.41) is 3.26. The van der Waals surface area contributed by atoms with E-state index in [1.54, 1.807) is 13.0 Å². The molecule has 0 aromatic heterocycles. The molecule has 1 aromatic rings. The third kappa shape index (κ3) is 5.63. The minimum absolute atomic E-state index is 0.313. The maximum Gasteiger partial charge on any atom is 0.409 e. The number of hydrogen-bond acceptors (Lipinski definition) is 4. The Labute approximate surface area is 151 Å². The summed E-state index contributed by atoms with van der Waals surface area (Å²) in [5.41, 5.74) is 0.989. The normalized spacial score (nSPS) is 14.2. The molecule has 3 amide bonds. The van der Waals surface area contributed by atoms with Crippen LogP contribution in [0, 0.1) is 0 Å². The van der Waals surface area contributed by atoms with Gasteiger partial charge in [-0.25, -0.2) is 4.79 Å². The zero-order valence-electron chi connectivity index (χ0n) is 14.2. The Bertz CT molecular complexity index is 630. The van der Waals surface area contributed by atoms with E-state index in [1.807, 2.05) is 18.2 Å². The van der Waals surface area contributed by atoms with E-state index in [2.05, 4.69) is 5.32 Å². The smallest absolute Gasteiger partial charge is 0.409 e. The molecule has 1 aliphatic rings. The first kappa shape index (κ1) is 19.1. The fourth-order valence-electron chi connectivity index (χ4n) is 2.54. The molecule has 1 heterocycles. The number of benzene rings is 1. The predicted octanol–water partition coefficient (Wildman–Crippen LogP) is 1.30. The predicted molar refractivity (Wildman–Crippen MR) is 93.3 cm³/mol. The number of rotatable bonds is 4. The van der Waals surface area contributed by atoms with Gasteiger partial charge in [0.05, 0.1) is 6.61 Å². The van der Waals surface area contributed by atoms with Crippen molar-refractivity contribution in [1.82, 2.24) is 15.1 Å². The van der Waals surface area contributed by atoms with Crippen LogP contribution < -0.4 is 5.32 Å². The number of halogens is 1. The number of amides is 3. The topological polar surface area (TPSA) is 79.0 Å². The summed E-state index contributed by atoms with van der Waals surface area (Å²) < 4.78 is 4.92. The fourth-order valence-corrected chi connectivity index (χ4v) is 2.75. The van der Waals surface area contributed by atoms with E-state index < -0.39 is 11.8 Å². The van der Waals surface area contributed by atoms with Crippen molar-refractivity contribution in [3.63, 3.8) is 0 Å². The number of nitrogens with zero attached hydrogens (tertiary/aromatic N) is 2. The Morgan fingerprint density at radius 1 is 1.16 bits per heavy atom. The highest BCUT2D eigenvalue weighted by Gasteiger charge is 2.28. The molecule has 7 nitrogen and oxygen atoms in total. The van der Waals surface area contributed by atoms with Gasteiger partial charge in [-0.3, -0.25) is 9.59 Å². The van der Waals surface area contributed by atoms with E-state index in [0.717, 1.165) is 5.56 Å². The monoisotopic (exact) mass is 367 g/mol. The maximum absolute atomic E-state index is 12.2. The molecule has 1 saturated heterocycles. The van der Waals surface area contributed by atoms with Gasteiger partial charge in [0.2, 0.25) is 0 Å². The minimum Gasteiger partial charge on any atom is -0.450 e. The van der Waals surface area contributed by atoms with Crippen LogP contribution >= 0.6 is 11.6 Å². The summed E-state index contributed by atoms with van der Waals surface area (Å²) in [7, 11) is 0. The van der Waals surface area contributed by atoms with E-state index in [-0.39, 0.29) is 6.09 Å². The SMILES string of the molecule is CCOC(=O)N1CCN(C(=O)C(=O)NCCc2cccc(Cl)c2)CC1. The highest BCUT2D eigenvalue weighted by molar-refractivity contribution is 6.35. The molecule has 0 atom stereocenters. The molecule has 0 spiro atoms. The molecular weight excluding hydrogens is 346 g/mol. The van der Waals surface area contributed by atoms with Crippen molar-refractivity contribution in [3.05, 3.63) is 34.9 Å². The molecule has 8 heteroatoms. The van der Waals surface area contributed by atoms with Crippen molar-refractivity contribution in [2.24, 2.45) is 0 Å². The van der Waals surface area contributed by atoms with Crippen LogP contribution in [-0.4, -0.2) is 67.0 Å². The van der Waals surface area contributed by atoms with E-state index in [1.165, 1.54) is 9.80 Å². The van der Waals surface area contributed by atoms with Crippen molar-refractivity contribution in [3.8, 4) is 0 Å². The third-order valence-corrected chi connectivity index (χ3v) is 4.11. The van der Waals surface area contributed by atoms with Crippen LogP contribution in [0.2, 0.25) is 5.02 Å². The van der Waals surface area contributed by atoms with E-state index in [9.17, 15) is 14.4 Å². The number of piperazine rings is 1. The highest BCUT2D eigenvalue weighted by Crippen LogP contribution is 2.10.